The number of nitrogens with zero attached hydrogens (tertiary/aromatic N) is 2. The first-order chi connectivity index (χ1) is 15.7. The Labute approximate surface area is 195 Å². The third kappa shape index (κ3) is 4.81. The van der Waals surface area contributed by atoms with Crippen molar-refractivity contribution in [3.63, 3.8) is 0 Å². The molecule has 1 saturated heterocycles. The van der Waals surface area contributed by atoms with E-state index in [0.29, 0.717) is 48.3 Å². The zero-order valence-electron chi connectivity index (χ0n) is 20.0. The third-order valence-electron chi connectivity index (χ3n) is 5.81. The van der Waals surface area contributed by atoms with Crippen molar-refractivity contribution in [2.75, 3.05) is 24.6 Å². The summed E-state index contributed by atoms with van der Waals surface area (Å²) in [6.07, 6.45) is -0.0651. The molecule has 2 atom stereocenters. The molecule has 0 aliphatic carbocycles. The Morgan fingerprint density at radius 2 is 1.55 bits per heavy atom. The lowest BCUT2D eigenvalue weighted by Gasteiger charge is -2.37. The number of anilines is 1. The molecule has 2 amide bonds. The second kappa shape index (κ2) is 9.40. The van der Waals surface area contributed by atoms with Crippen LogP contribution in [-0.2, 0) is 14.3 Å². The molecule has 4 rings (SSSR count). The molecule has 0 radical (unpaired) electrons. The molecule has 1 fully saturated rings. The number of imide groups is 1. The molecule has 2 aromatic carbocycles. The minimum atomic E-state index is -0.304. The lowest BCUT2D eigenvalue weighted by Crippen LogP contribution is -2.47. The normalized spacial score (nSPS) is 21.4. The summed E-state index contributed by atoms with van der Waals surface area (Å²) in [6, 6.07) is 14.9. The van der Waals surface area contributed by atoms with Gasteiger partial charge in [-0.15, -0.1) is 0 Å². The molecule has 2 aliphatic rings. The van der Waals surface area contributed by atoms with Crippen LogP contribution in [0.25, 0.3) is 5.57 Å². The lowest BCUT2D eigenvalue weighted by atomic mass is 10.0. The maximum Gasteiger partial charge on any atom is 0.282 e. The summed E-state index contributed by atoms with van der Waals surface area (Å²) in [5.74, 6) is 0.525. The van der Waals surface area contributed by atoms with Gasteiger partial charge in [0.05, 0.1) is 30.1 Å². The van der Waals surface area contributed by atoms with E-state index in [9.17, 15) is 9.59 Å². The summed E-state index contributed by atoms with van der Waals surface area (Å²) < 4.78 is 11.6. The molecule has 0 N–H and O–H groups in total. The zero-order chi connectivity index (χ0) is 23.7. The predicted octanol–water partition coefficient (Wildman–Crippen LogP) is 4.42. The van der Waals surface area contributed by atoms with E-state index in [-0.39, 0.29) is 24.0 Å². The summed E-state index contributed by atoms with van der Waals surface area (Å²) >= 11 is 0. The number of hydrogen-bond acceptors (Lipinski definition) is 5. The van der Waals surface area contributed by atoms with Crippen LogP contribution in [0, 0.1) is 12.8 Å². The fourth-order valence-corrected chi connectivity index (χ4v) is 4.34. The Balaban J connectivity index is 1.71. The summed E-state index contributed by atoms with van der Waals surface area (Å²) in [6.45, 7) is 11.9. The summed E-state index contributed by atoms with van der Waals surface area (Å²) in [4.78, 5) is 30.7. The Morgan fingerprint density at radius 1 is 0.939 bits per heavy atom. The molecule has 2 aromatic rings. The first-order valence-electron chi connectivity index (χ1n) is 11.6. The van der Waals surface area contributed by atoms with Crippen LogP contribution in [-0.4, -0.2) is 48.6 Å². The molecule has 2 heterocycles. The number of ether oxygens (including phenoxy) is 2. The van der Waals surface area contributed by atoms with E-state index in [1.165, 1.54) is 4.90 Å². The number of hydrogen-bond donors (Lipinski definition) is 0. The van der Waals surface area contributed by atoms with Crippen molar-refractivity contribution in [1.82, 2.24) is 4.90 Å². The number of benzene rings is 2. The maximum absolute atomic E-state index is 13.7. The fraction of sp³-hybridized carbons (Fsp3) is 0.407. The van der Waals surface area contributed by atoms with Gasteiger partial charge < -0.3 is 14.4 Å². The zero-order valence-corrected chi connectivity index (χ0v) is 20.0. The number of amides is 2. The standard InChI is InChI=1S/C27H32N2O4/c1-17(2)16-32-23-12-10-22(11-13-23)29-26(30)24(21-8-6-18(3)7-9-21)25(27(29)31)28-14-19(4)33-20(5)15-28/h6-13,17,19-20H,14-16H2,1-5H3. The summed E-state index contributed by atoms with van der Waals surface area (Å²) in [7, 11) is 0. The number of aryl methyl sites for hydroxylation is 1. The SMILES string of the molecule is Cc1ccc(C2=C(N3CC(C)OC(C)C3)C(=O)N(c3ccc(OCC(C)C)cc3)C2=O)cc1. The topological polar surface area (TPSA) is 59.1 Å². The molecule has 2 aliphatic heterocycles. The van der Waals surface area contributed by atoms with Crippen LogP contribution in [0.15, 0.2) is 54.2 Å². The van der Waals surface area contributed by atoms with Crippen molar-refractivity contribution in [1.29, 1.82) is 0 Å². The van der Waals surface area contributed by atoms with Gasteiger partial charge >= 0.3 is 0 Å². The number of carbonyl (C=O) groups excluding carboxylic acids is 2. The molecular formula is C27H32N2O4. The van der Waals surface area contributed by atoms with Gasteiger partial charge in [-0.3, -0.25) is 9.59 Å². The molecule has 0 aromatic heterocycles. The van der Waals surface area contributed by atoms with Crippen LogP contribution in [0.1, 0.15) is 38.8 Å². The minimum absolute atomic E-state index is 0.0325. The van der Waals surface area contributed by atoms with Gasteiger partial charge in [-0.05, 0) is 56.5 Å². The molecule has 33 heavy (non-hydrogen) atoms. The Kier molecular flexibility index (Phi) is 6.56. The van der Waals surface area contributed by atoms with E-state index in [0.717, 1.165) is 11.1 Å². The third-order valence-corrected chi connectivity index (χ3v) is 5.81. The molecule has 0 saturated carbocycles. The second-order valence-electron chi connectivity index (χ2n) is 9.40. The fourth-order valence-electron chi connectivity index (χ4n) is 4.34. The van der Waals surface area contributed by atoms with Gasteiger partial charge in [0.2, 0.25) is 0 Å². The lowest BCUT2D eigenvalue weighted by molar-refractivity contribution is -0.121. The Morgan fingerprint density at radius 3 is 2.12 bits per heavy atom. The van der Waals surface area contributed by atoms with Crippen molar-refractivity contribution in [2.24, 2.45) is 5.92 Å². The summed E-state index contributed by atoms with van der Waals surface area (Å²) in [5, 5.41) is 0. The Bertz CT molecular complexity index is 1050. The van der Waals surface area contributed by atoms with E-state index in [1.807, 2.05) is 49.9 Å². The smallest absolute Gasteiger partial charge is 0.282 e. The highest BCUT2D eigenvalue weighted by Gasteiger charge is 2.43. The average molecular weight is 449 g/mol. The van der Waals surface area contributed by atoms with Crippen LogP contribution in [0.4, 0.5) is 5.69 Å². The number of carbonyl (C=O) groups is 2. The molecule has 0 spiro atoms. The summed E-state index contributed by atoms with van der Waals surface area (Å²) in [5.41, 5.74) is 3.28. The van der Waals surface area contributed by atoms with Crippen molar-refractivity contribution in [2.45, 2.75) is 46.8 Å². The van der Waals surface area contributed by atoms with Crippen molar-refractivity contribution >= 4 is 23.1 Å². The molecule has 2 unspecified atom stereocenters. The van der Waals surface area contributed by atoms with Gasteiger partial charge in [0.15, 0.2) is 0 Å². The first kappa shape index (κ1) is 23.1. The number of rotatable bonds is 6. The van der Waals surface area contributed by atoms with Gasteiger partial charge in [0.1, 0.15) is 11.4 Å². The molecule has 6 heteroatoms. The molecular weight excluding hydrogens is 416 g/mol. The highest BCUT2D eigenvalue weighted by atomic mass is 16.5. The van der Waals surface area contributed by atoms with Crippen LogP contribution in [0.2, 0.25) is 0 Å². The Hall–Kier alpha value is -3.12. The largest absolute Gasteiger partial charge is 0.493 e. The van der Waals surface area contributed by atoms with Gasteiger partial charge in [0, 0.05) is 13.1 Å². The van der Waals surface area contributed by atoms with Crippen LogP contribution < -0.4 is 9.64 Å². The van der Waals surface area contributed by atoms with Gasteiger partial charge in [-0.25, -0.2) is 4.90 Å². The van der Waals surface area contributed by atoms with E-state index in [4.69, 9.17) is 9.47 Å². The van der Waals surface area contributed by atoms with Crippen LogP contribution >= 0.6 is 0 Å². The highest BCUT2D eigenvalue weighted by molar-refractivity contribution is 6.45. The minimum Gasteiger partial charge on any atom is -0.493 e. The van der Waals surface area contributed by atoms with Gasteiger partial charge in [-0.1, -0.05) is 43.7 Å². The maximum atomic E-state index is 13.7. The van der Waals surface area contributed by atoms with Gasteiger partial charge in [0.25, 0.3) is 11.8 Å². The molecule has 0 bridgehead atoms. The van der Waals surface area contributed by atoms with Crippen LogP contribution in [0.5, 0.6) is 5.75 Å². The second-order valence-corrected chi connectivity index (χ2v) is 9.40. The number of morpholine rings is 1. The van der Waals surface area contributed by atoms with Crippen molar-refractivity contribution in [3.05, 3.63) is 65.4 Å². The van der Waals surface area contributed by atoms with E-state index >= 15 is 0 Å². The van der Waals surface area contributed by atoms with E-state index in [2.05, 4.69) is 13.8 Å². The highest BCUT2D eigenvalue weighted by Crippen LogP contribution is 2.36. The van der Waals surface area contributed by atoms with Crippen LogP contribution in [0.3, 0.4) is 0 Å². The monoisotopic (exact) mass is 448 g/mol. The van der Waals surface area contributed by atoms with E-state index in [1.54, 1.807) is 24.3 Å². The van der Waals surface area contributed by atoms with Gasteiger partial charge in [-0.2, -0.15) is 0 Å². The van der Waals surface area contributed by atoms with Crippen molar-refractivity contribution in [3.8, 4) is 5.75 Å². The average Bonchev–Trinajstić information content (AvgIpc) is 3.02. The van der Waals surface area contributed by atoms with E-state index < -0.39 is 0 Å². The molecule has 6 nitrogen and oxygen atoms in total. The van der Waals surface area contributed by atoms with Crippen molar-refractivity contribution < 1.29 is 19.1 Å². The quantitative estimate of drug-likeness (QED) is 0.612. The molecule has 174 valence electrons. The first-order valence-corrected chi connectivity index (χ1v) is 11.6. The predicted molar refractivity (Wildman–Crippen MR) is 129 cm³/mol.